The molecule has 28 heteroatoms. The van der Waals surface area contributed by atoms with E-state index in [1.807, 2.05) is 0 Å². The average molecular weight is 1040 g/mol. The van der Waals surface area contributed by atoms with Crippen molar-refractivity contribution < 1.29 is 119 Å². The lowest BCUT2D eigenvalue weighted by Crippen LogP contribution is -2.78. The first-order valence-electron chi connectivity index (χ1n) is 19.7. The molecule has 0 aliphatic heterocycles. The van der Waals surface area contributed by atoms with Gasteiger partial charge in [0.1, 0.15) is 0 Å². The van der Waals surface area contributed by atoms with Crippen LogP contribution in [0.5, 0.6) is 0 Å². The molecule has 66 heavy (non-hydrogen) atoms. The van der Waals surface area contributed by atoms with Crippen molar-refractivity contribution in [3.8, 4) is 23.7 Å². The molecule has 0 rings (SSSR count). The molecule has 0 amide bonds. The van der Waals surface area contributed by atoms with Gasteiger partial charge >= 0.3 is 77.2 Å². The number of rotatable bonds is 31. The molecule has 0 saturated heterocycles. The maximum absolute atomic E-state index is 14.2. The van der Waals surface area contributed by atoms with Crippen molar-refractivity contribution in [1.29, 1.82) is 0 Å². The summed E-state index contributed by atoms with van der Waals surface area (Å²) in [6.07, 6.45) is -0.0668. The van der Waals surface area contributed by atoms with E-state index in [1.165, 1.54) is 19.3 Å². The highest BCUT2D eigenvalue weighted by Crippen LogP contribution is 2.68. The average Bonchev–Trinajstić information content (AvgIpc) is 3.18. The van der Waals surface area contributed by atoms with E-state index in [0.29, 0.717) is 44.9 Å². The standard InChI is InChI=1S/C38H43F27S/c39-26(40,24-22-20-18-16-14-12-10-8-6-4-2-1-3-5-7-9-11-13-15-17-19-21-23-25-66)27(41,42)28(43,44)29(45,46)30(47,48)31(49,50)32(51,52)33(53,54)34(55,56)35(57,58)36(59,60)37(61,62)38(63,64)65/h66H,4,6-25H2. The SMILES string of the molecule is FC(F)(F)C(F)(F)C(F)(F)C(F)(F)C(F)(F)C(F)(F)C(F)(F)C(F)(F)C(F)(F)C(F)(F)C(F)(F)C(F)(F)C(F)(F)CCCCCCCCCCCC#CC#CCCCCCCCCCCS. The van der Waals surface area contributed by atoms with Crippen LogP contribution in [0.1, 0.15) is 128 Å². The number of hydrogen-bond donors (Lipinski definition) is 1. The first kappa shape index (κ1) is 63.6. The van der Waals surface area contributed by atoms with Crippen molar-refractivity contribution in [3.63, 3.8) is 0 Å². The molecule has 0 atom stereocenters. The summed E-state index contributed by atoms with van der Waals surface area (Å²) in [4.78, 5) is 0. The molecule has 0 aromatic carbocycles. The fourth-order valence-electron chi connectivity index (χ4n) is 5.74. The summed E-state index contributed by atoms with van der Waals surface area (Å²) in [5, 5.41) is 0. The van der Waals surface area contributed by atoms with Gasteiger partial charge in [-0.05, 0) is 43.3 Å². The smallest absolute Gasteiger partial charge is 0.200 e. The molecule has 0 aliphatic carbocycles. The van der Waals surface area contributed by atoms with Crippen molar-refractivity contribution in [3.05, 3.63) is 0 Å². The molecule has 0 unspecified atom stereocenters. The largest absolute Gasteiger partial charge is 0.460 e. The lowest BCUT2D eigenvalue weighted by Gasteiger charge is -2.46. The highest BCUT2D eigenvalue weighted by Gasteiger charge is 3.00. The van der Waals surface area contributed by atoms with E-state index in [-0.39, 0.29) is 12.8 Å². The topological polar surface area (TPSA) is 0 Å². The molecule has 0 aromatic rings. The van der Waals surface area contributed by atoms with E-state index in [9.17, 15) is 119 Å². The summed E-state index contributed by atoms with van der Waals surface area (Å²) < 4.78 is 369. The molecule has 390 valence electrons. The van der Waals surface area contributed by atoms with Crippen LogP contribution in [0.2, 0.25) is 0 Å². The van der Waals surface area contributed by atoms with Crippen LogP contribution < -0.4 is 0 Å². The predicted octanol–water partition coefficient (Wildman–Crippen LogP) is 16.9. The fraction of sp³-hybridized carbons (Fsp3) is 0.895. The van der Waals surface area contributed by atoms with Gasteiger partial charge in [0.2, 0.25) is 0 Å². The van der Waals surface area contributed by atoms with Crippen molar-refractivity contribution >= 4 is 12.6 Å². The summed E-state index contributed by atoms with van der Waals surface area (Å²) >= 11 is 4.16. The van der Waals surface area contributed by atoms with Gasteiger partial charge in [0.15, 0.2) is 0 Å². The van der Waals surface area contributed by atoms with Crippen LogP contribution in [-0.2, 0) is 0 Å². The van der Waals surface area contributed by atoms with Gasteiger partial charge in [-0.25, -0.2) is 0 Å². The predicted molar refractivity (Wildman–Crippen MR) is 187 cm³/mol. The quantitative estimate of drug-likeness (QED) is 0.0304. The Labute approximate surface area is 366 Å². The van der Waals surface area contributed by atoms with Gasteiger partial charge in [-0.2, -0.15) is 131 Å². The maximum atomic E-state index is 14.2. The molecule has 0 aliphatic rings. The molecule has 0 bridgehead atoms. The monoisotopic (exact) mass is 1040 g/mol. The lowest BCUT2D eigenvalue weighted by atomic mass is 9.83. The second-order valence-electron chi connectivity index (χ2n) is 15.1. The third kappa shape index (κ3) is 12.9. The minimum Gasteiger partial charge on any atom is -0.200 e. The van der Waals surface area contributed by atoms with Gasteiger partial charge < -0.3 is 0 Å². The highest BCUT2D eigenvalue weighted by molar-refractivity contribution is 7.80. The van der Waals surface area contributed by atoms with E-state index >= 15 is 0 Å². The summed E-state index contributed by atoms with van der Waals surface area (Å²) in [6.45, 7) is 0. The Bertz CT molecular complexity index is 1590. The minimum absolute atomic E-state index is 0.134. The second kappa shape index (κ2) is 23.5. The van der Waals surface area contributed by atoms with Crippen LogP contribution in [0, 0.1) is 23.7 Å². The Balaban J connectivity index is 5.48. The normalized spacial score (nSPS) is 14.8. The van der Waals surface area contributed by atoms with Crippen molar-refractivity contribution in [2.45, 2.75) is 206 Å². The van der Waals surface area contributed by atoms with Crippen molar-refractivity contribution in [2.24, 2.45) is 0 Å². The molecule has 0 radical (unpaired) electrons. The van der Waals surface area contributed by atoms with E-state index in [0.717, 1.165) is 37.9 Å². The highest BCUT2D eigenvalue weighted by atomic mass is 32.1. The molecular weight excluding hydrogens is 1000 g/mol. The molecule has 0 fully saturated rings. The van der Waals surface area contributed by atoms with Gasteiger partial charge in [-0.15, -0.1) is 0 Å². The first-order valence-corrected chi connectivity index (χ1v) is 20.4. The van der Waals surface area contributed by atoms with Crippen LogP contribution in [0.4, 0.5) is 119 Å². The Morgan fingerprint density at radius 2 is 0.455 bits per heavy atom. The zero-order valence-corrected chi connectivity index (χ0v) is 34.9. The number of hydrogen-bond acceptors (Lipinski definition) is 1. The van der Waals surface area contributed by atoms with Gasteiger partial charge in [0.05, 0.1) is 0 Å². The third-order valence-electron chi connectivity index (χ3n) is 10.0. The lowest BCUT2D eigenvalue weighted by molar-refractivity contribution is -0.485. The number of alkyl halides is 27. The molecule has 0 saturated carbocycles. The fourth-order valence-corrected chi connectivity index (χ4v) is 5.96. The summed E-state index contributed by atoms with van der Waals surface area (Å²) in [5.41, 5.74) is 0. The van der Waals surface area contributed by atoms with Crippen molar-refractivity contribution in [2.75, 3.05) is 5.75 Å². The van der Waals surface area contributed by atoms with Crippen molar-refractivity contribution in [1.82, 2.24) is 0 Å². The molecule has 0 N–H and O–H groups in total. The minimum atomic E-state index is -9.76. The summed E-state index contributed by atoms with van der Waals surface area (Å²) in [5.74, 6) is -96.6. The zero-order chi connectivity index (χ0) is 52.2. The van der Waals surface area contributed by atoms with E-state index in [2.05, 4.69) is 36.3 Å². The summed E-state index contributed by atoms with van der Waals surface area (Å²) in [6, 6.07) is 0. The Morgan fingerprint density at radius 3 is 0.712 bits per heavy atom. The Kier molecular flexibility index (Phi) is 22.6. The van der Waals surface area contributed by atoms with E-state index < -0.39 is 96.5 Å². The van der Waals surface area contributed by atoms with E-state index in [4.69, 9.17) is 0 Å². The molecule has 0 nitrogen and oxygen atoms in total. The molecule has 0 spiro atoms. The van der Waals surface area contributed by atoms with Crippen LogP contribution in [0.3, 0.4) is 0 Å². The number of unbranched alkanes of at least 4 members (excludes halogenated alkanes) is 17. The van der Waals surface area contributed by atoms with Gasteiger partial charge in [-0.1, -0.05) is 95.3 Å². The third-order valence-corrected chi connectivity index (χ3v) is 10.3. The Hall–Kier alpha value is -2.42. The number of thiol groups is 1. The van der Waals surface area contributed by atoms with E-state index in [1.54, 1.807) is 0 Å². The second-order valence-corrected chi connectivity index (χ2v) is 15.6. The molecular formula is C38H43F27S. The zero-order valence-electron chi connectivity index (χ0n) is 34.0. The Morgan fingerprint density at radius 1 is 0.242 bits per heavy atom. The maximum Gasteiger partial charge on any atom is 0.460 e. The molecule has 0 aromatic heterocycles. The van der Waals surface area contributed by atoms with Gasteiger partial charge in [-0.3, -0.25) is 0 Å². The van der Waals surface area contributed by atoms with Crippen LogP contribution in [0.25, 0.3) is 0 Å². The van der Waals surface area contributed by atoms with Crippen LogP contribution >= 0.6 is 12.6 Å². The van der Waals surface area contributed by atoms with Crippen LogP contribution in [0.15, 0.2) is 0 Å². The van der Waals surface area contributed by atoms with Crippen LogP contribution in [-0.4, -0.2) is 83.0 Å². The van der Waals surface area contributed by atoms with Gasteiger partial charge in [0.25, 0.3) is 0 Å². The summed E-state index contributed by atoms with van der Waals surface area (Å²) in [7, 11) is 0. The molecule has 0 heterocycles. The number of halogens is 27. The van der Waals surface area contributed by atoms with Gasteiger partial charge in [0, 0.05) is 19.3 Å². The first-order chi connectivity index (χ1) is 29.6.